The average Bonchev–Trinajstić information content (AvgIpc) is 3.13. The van der Waals surface area contributed by atoms with Gasteiger partial charge in [-0.15, -0.1) is 0 Å². The molecule has 0 bridgehead atoms. The lowest BCUT2D eigenvalue weighted by Crippen LogP contribution is -2.46. The molecule has 0 aliphatic carbocycles. The molecule has 0 atom stereocenters. The molecule has 2 amide bonds. The Labute approximate surface area is 168 Å². The molecule has 1 fully saturated rings. The van der Waals surface area contributed by atoms with Gasteiger partial charge in [0.15, 0.2) is 5.78 Å². The van der Waals surface area contributed by atoms with Crippen LogP contribution in [0.25, 0.3) is 10.9 Å². The largest absolute Gasteiger partial charge is 0.324 e. The molecule has 7 heteroatoms. The summed E-state index contributed by atoms with van der Waals surface area (Å²) < 4.78 is 14.9. The summed E-state index contributed by atoms with van der Waals surface area (Å²) in [4.78, 5) is 28.9. The third-order valence-electron chi connectivity index (χ3n) is 5.67. The number of piperidine rings is 1. The van der Waals surface area contributed by atoms with Crippen molar-refractivity contribution >= 4 is 28.4 Å². The van der Waals surface area contributed by atoms with Gasteiger partial charge in [0.1, 0.15) is 5.82 Å². The number of Topliss-reactive ketones (excluding diaryl/α,β-unsaturated/α-hetero) is 1. The maximum atomic E-state index is 13.1. The molecule has 2 aromatic carbocycles. The molecule has 29 heavy (non-hydrogen) atoms. The second-order valence-electron chi connectivity index (χ2n) is 7.49. The predicted molar refractivity (Wildman–Crippen MR) is 110 cm³/mol. The van der Waals surface area contributed by atoms with Crippen molar-refractivity contribution in [2.45, 2.75) is 12.8 Å². The Balaban J connectivity index is 1.39. The molecular formula is C22H23FN4O2. The maximum Gasteiger partial charge on any atom is 0.324 e. The van der Waals surface area contributed by atoms with Crippen LogP contribution in [-0.2, 0) is 7.05 Å². The fourth-order valence-electron chi connectivity index (χ4n) is 3.87. The Morgan fingerprint density at radius 1 is 1.10 bits per heavy atom. The van der Waals surface area contributed by atoms with Crippen molar-refractivity contribution in [3.63, 3.8) is 0 Å². The first-order valence-electron chi connectivity index (χ1n) is 9.68. The third kappa shape index (κ3) is 3.72. The molecule has 2 heterocycles. The molecule has 0 N–H and O–H groups in total. The molecule has 1 saturated heterocycles. The van der Waals surface area contributed by atoms with Crippen LogP contribution >= 0.6 is 0 Å². The Hall–Kier alpha value is -3.22. The van der Waals surface area contributed by atoms with Gasteiger partial charge < -0.3 is 4.90 Å². The molecule has 150 valence electrons. The summed E-state index contributed by atoms with van der Waals surface area (Å²) in [6.07, 6.45) is 3.03. The van der Waals surface area contributed by atoms with Crippen molar-refractivity contribution in [1.29, 1.82) is 0 Å². The van der Waals surface area contributed by atoms with Gasteiger partial charge in [0, 0.05) is 49.7 Å². The van der Waals surface area contributed by atoms with Gasteiger partial charge in [0.25, 0.3) is 0 Å². The van der Waals surface area contributed by atoms with E-state index in [0.29, 0.717) is 37.2 Å². The highest BCUT2D eigenvalue weighted by Gasteiger charge is 2.29. The van der Waals surface area contributed by atoms with E-state index in [1.807, 2.05) is 25.2 Å². The van der Waals surface area contributed by atoms with E-state index in [1.54, 1.807) is 35.0 Å². The summed E-state index contributed by atoms with van der Waals surface area (Å²) in [5, 5.41) is 5.17. The Kier molecular flexibility index (Phi) is 5.05. The van der Waals surface area contributed by atoms with E-state index >= 15 is 0 Å². The van der Waals surface area contributed by atoms with Crippen molar-refractivity contribution in [2.75, 3.05) is 25.0 Å². The summed E-state index contributed by atoms with van der Waals surface area (Å²) in [5.41, 5.74) is 2.32. The first kappa shape index (κ1) is 19.1. The molecule has 1 aliphatic rings. The molecule has 0 unspecified atom stereocenters. The summed E-state index contributed by atoms with van der Waals surface area (Å²) in [6.45, 7) is 1.05. The molecular weight excluding hydrogens is 371 g/mol. The standard InChI is InChI=1S/C22H23FN4O2/c1-25(19-6-4-18(23)5-7-19)22(29)27-11-9-15(10-12-27)21(28)16-3-8-20-17(13-16)14-24-26(20)2/h3-8,13-15H,9-12H2,1-2H3. The van der Waals surface area contributed by atoms with Gasteiger partial charge in [-0.3, -0.25) is 14.4 Å². The van der Waals surface area contributed by atoms with Gasteiger partial charge in [0.05, 0.1) is 11.7 Å². The molecule has 0 saturated carbocycles. The van der Waals surface area contributed by atoms with E-state index in [4.69, 9.17) is 0 Å². The number of urea groups is 1. The lowest BCUT2D eigenvalue weighted by Gasteiger charge is -2.34. The van der Waals surface area contributed by atoms with Gasteiger partial charge in [-0.05, 0) is 55.3 Å². The summed E-state index contributed by atoms with van der Waals surface area (Å²) in [6, 6.07) is 11.4. The van der Waals surface area contributed by atoms with Crippen molar-refractivity contribution < 1.29 is 14.0 Å². The number of nitrogens with zero attached hydrogens (tertiary/aromatic N) is 4. The van der Waals surface area contributed by atoms with E-state index in [0.717, 1.165) is 10.9 Å². The average molecular weight is 394 g/mol. The topological polar surface area (TPSA) is 58.4 Å². The van der Waals surface area contributed by atoms with Gasteiger partial charge in [0.2, 0.25) is 0 Å². The number of hydrogen-bond donors (Lipinski definition) is 0. The number of anilines is 1. The minimum absolute atomic E-state index is 0.0932. The summed E-state index contributed by atoms with van der Waals surface area (Å²) in [7, 11) is 3.55. The number of ketones is 1. The van der Waals surface area contributed by atoms with Gasteiger partial charge >= 0.3 is 6.03 Å². The van der Waals surface area contributed by atoms with Crippen LogP contribution in [0.15, 0.2) is 48.7 Å². The fourth-order valence-corrected chi connectivity index (χ4v) is 3.87. The smallest absolute Gasteiger partial charge is 0.324 e. The monoisotopic (exact) mass is 394 g/mol. The van der Waals surface area contributed by atoms with Gasteiger partial charge in [-0.25, -0.2) is 9.18 Å². The van der Waals surface area contributed by atoms with Crippen LogP contribution in [0.4, 0.5) is 14.9 Å². The molecule has 0 spiro atoms. The van der Waals surface area contributed by atoms with Gasteiger partial charge in [-0.1, -0.05) is 0 Å². The number of carbonyl (C=O) groups is 2. The lowest BCUT2D eigenvalue weighted by molar-refractivity contribution is 0.0857. The number of halogens is 1. The van der Waals surface area contributed by atoms with Crippen molar-refractivity contribution in [3.8, 4) is 0 Å². The van der Waals surface area contributed by atoms with E-state index in [9.17, 15) is 14.0 Å². The summed E-state index contributed by atoms with van der Waals surface area (Å²) >= 11 is 0. The number of hydrogen-bond acceptors (Lipinski definition) is 3. The number of fused-ring (bicyclic) bond motifs is 1. The second kappa shape index (κ2) is 7.66. The van der Waals surface area contributed by atoms with Gasteiger partial charge in [-0.2, -0.15) is 5.10 Å². The van der Waals surface area contributed by atoms with Crippen LogP contribution in [-0.4, -0.2) is 46.6 Å². The molecule has 1 aromatic heterocycles. The number of benzene rings is 2. The van der Waals surface area contributed by atoms with Crippen LogP contribution in [0.1, 0.15) is 23.2 Å². The molecule has 1 aliphatic heterocycles. The van der Waals surface area contributed by atoms with Crippen LogP contribution < -0.4 is 4.90 Å². The minimum atomic E-state index is -0.335. The summed E-state index contributed by atoms with van der Waals surface area (Å²) in [5.74, 6) is -0.308. The predicted octanol–water partition coefficient (Wildman–Crippen LogP) is 3.86. The first-order chi connectivity index (χ1) is 13.9. The van der Waals surface area contributed by atoms with E-state index < -0.39 is 0 Å². The van der Waals surface area contributed by atoms with Crippen LogP contribution in [0.2, 0.25) is 0 Å². The highest BCUT2D eigenvalue weighted by molar-refractivity contribution is 6.01. The molecule has 0 radical (unpaired) electrons. The molecule has 4 rings (SSSR count). The lowest BCUT2D eigenvalue weighted by atomic mass is 9.88. The maximum absolute atomic E-state index is 13.1. The SMILES string of the molecule is CN(C(=O)N1CCC(C(=O)c2ccc3c(cnn3C)c2)CC1)c1ccc(F)cc1. The fraction of sp³-hybridized carbons (Fsp3) is 0.318. The van der Waals surface area contributed by atoms with Crippen LogP contribution in [0.5, 0.6) is 0 Å². The second-order valence-corrected chi connectivity index (χ2v) is 7.49. The zero-order chi connectivity index (χ0) is 20.5. The third-order valence-corrected chi connectivity index (χ3v) is 5.67. The Bertz CT molecular complexity index is 1050. The van der Waals surface area contributed by atoms with Crippen molar-refractivity contribution in [1.82, 2.24) is 14.7 Å². The van der Waals surface area contributed by atoms with E-state index in [2.05, 4.69) is 5.10 Å². The first-order valence-corrected chi connectivity index (χ1v) is 9.68. The van der Waals surface area contributed by atoms with Crippen molar-refractivity contribution in [2.24, 2.45) is 13.0 Å². The highest BCUT2D eigenvalue weighted by Crippen LogP contribution is 2.25. The number of rotatable bonds is 3. The quantitative estimate of drug-likeness (QED) is 0.634. The number of amides is 2. The van der Waals surface area contributed by atoms with Crippen LogP contribution in [0.3, 0.4) is 0 Å². The Morgan fingerprint density at radius 2 is 1.79 bits per heavy atom. The Morgan fingerprint density at radius 3 is 2.48 bits per heavy atom. The zero-order valence-corrected chi connectivity index (χ0v) is 16.5. The van der Waals surface area contributed by atoms with E-state index in [-0.39, 0.29) is 23.5 Å². The zero-order valence-electron chi connectivity index (χ0n) is 16.5. The molecule has 3 aromatic rings. The molecule has 6 nitrogen and oxygen atoms in total. The highest BCUT2D eigenvalue weighted by atomic mass is 19.1. The normalized spacial score (nSPS) is 14.9. The number of carbonyl (C=O) groups excluding carboxylic acids is 2. The van der Waals surface area contributed by atoms with Crippen LogP contribution in [0, 0.1) is 11.7 Å². The van der Waals surface area contributed by atoms with E-state index in [1.165, 1.54) is 17.0 Å². The van der Waals surface area contributed by atoms with Crippen molar-refractivity contribution in [3.05, 3.63) is 60.0 Å². The number of aromatic nitrogens is 2. The number of likely N-dealkylation sites (tertiary alicyclic amines) is 1. The minimum Gasteiger partial charge on any atom is -0.324 e. The number of aryl methyl sites for hydroxylation is 1.